The summed E-state index contributed by atoms with van der Waals surface area (Å²) in [6, 6.07) is 2.86. The van der Waals surface area contributed by atoms with Crippen LogP contribution in [0.25, 0.3) is 0 Å². The maximum absolute atomic E-state index is 12.7. The van der Waals surface area contributed by atoms with Crippen LogP contribution in [0, 0.1) is 10.1 Å². The second kappa shape index (κ2) is 6.34. The maximum atomic E-state index is 12.7. The summed E-state index contributed by atoms with van der Waals surface area (Å²) < 4.78 is 38.1. The molecular formula is C14H13F3N4O2S. The highest BCUT2D eigenvalue weighted by Gasteiger charge is 2.35. The molecule has 3 rings (SSSR count). The number of alkyl halides is 3. The summed E-state index contributed by atoms with van der Waals surface area (Å²) in [7, 11) is 0. The third-order valence-corrected chi connectivity index (χ3v) is 4.85. The molecule has 0 bridgehead atoms. The molecule has 2 aromatic heterocycles. The van der Waals surface area contributed by atoms with Crippen molar-refractivity contribution in [3.63, 3.8) is 0 Å². The summed E-state index contributed by atoms with van der Waals surface area (Å²) in [5.41, 5.74) is -0.989. The van der Waals surface area contributed by atoms with Crippen molar-refractivity contribution in [1.82, 2.24) is 9.97 Å². The molecule has 128 valence electrons. The van der Waals surface area contributed by atoms with Crippen LogP contribution >= 0.6 is 11.3 Å². The third-order valence-electron chi connectivity index (χ3n) is 3.85. The van der Waals surface area contributed by atoms with Crippen LogP contribution < -0.4 is 4.90 Å². The molecule has 1 aliphatic heterocycles. The molecule has 1 unspecified atom stereocenters. The number of pyridine rings is 1. The summed E-state index contributed by atoms with van der Waals surface area (Å²) in [6.45, 7) is 0.939. The number of piperidine rings is 1. The lowest BCUT2D eigenvalue weighted by Crippen LogP contribution is -2.35. The van der Waals surface area contributed by atoms with E-state index in [0.717, 1.165) is 16.7 Å². The van der Waals surface area contributed by atoms with Gasteiger partial charge in [0, 0.05) is 36.7 Å². The predicted octanol–water partition coefficient (Wildman–Crippen LogP) is 3.85. The Labute approximate surface area is 139 Å². The van der Waals surface area contributed by atoms with Crippen LogP contribution in [-0.2, 0) is 6.18 Å². The zero-order valence-electron chi connectivity index (χ0n) is 12.4. The van der Waals surface area contributed by atoms with Crippen LogP contribution in [0.4, 0.5) is 24.7 Å². The molecule has 6 nitrogen and oxygen atoms in total. The zero-order chi connectivity index (χ0) is 17.3. The van der Waals surface area contributed by atoms with E-state index in [1.165, 1.54) is 18.3 Å². The average molecular weight is 358 g/mol. The molecule has 0 saturated carbocycles. The van der Waals surface area contributed by atoms with Gasteiger partial charge in [-0.2, -0.15) is 13.2 Å². The van der Waals surface area contributed by atoms with Crippen LogP contribution in [0.3, 0.4) is 0 Å². The summed E-state index contributed by atoms with van der Waals surface area (Å²) in [4.78, 5) is 20.2. The first-order valence-corrected chi connectivity index (χ1v) is 8.11. The van der Waals surface area contributed by atoms with E-state index in [1.807, 2.05) is 0 Å². The Hall–Kier alpha value is -2.23. The number of thiazole rings is 1. The van der Waals surface area contributed by atoms with Crippen molar-refractivity contribution in [2.45, 2.75) is 24.9 Å². The van der Waals surface area contributed by atoms with Gasteiger partial charge in [0.1, 0.15) is 0 Å². The standard InChI is InChI=1S/C14H13F3N4O2S/c15-14(16,17)11-8-24-13(19-11)9-3-2-6-20(7-9)12-10(21(22)23)4-1-5-18-12/h1,4-5,8-9H,2-3,6-7H2. The molecule has 24 heavy (non-hydrogen) atoms. The van der Waals surface area contributed by atoms with E-state index in [2.05, 4.69) is 9.97 Å². The van der Waals surface area contributed by atoms with E-state index in [0.29, 0.717) is 30.9 Å². The highest BCUT2D eigenvalue weighted by Crippen LogP contribution is 2.37. The lowest BCUT2D eigenvalue weighted by Gasteiger charge is -2.32. The summed E-state index contributed by atoms with van der Waals surface area (Å²) >= 11 is 0.979. The van der Waals surface area contributed by atoms with Crippen molar-refractivity contribution in [2.75, 3.05) is 18.0 Å². The molecule has 0 aliphatic carbocycles. The van der Waals surface area contributed by atoms with Gasteiger partial charge in [-0.25, -0.2) is 9.97 Å². The van der Waals surface area contributed by atoms with E-state index in [4.69, 9.17) is 0 Å². The fourth-order valence-corrected chi connectivity index (χ4v) is 3.71. The summed E-state index contributed by atoms with van der Waals surface area (Å²) in [5.74, 6) is 0.0567. The van der Waals surface area contributed by atoms with Crippen molar-refractivity contribution in [3.05, 3.63) is 44.5 Å². The first-order valence-electron chi connectivity index (χ1n) is 7.23. The molecule has 2 aromatic rings. The first kappa shape index (κ1) is 16.6. The number of nitrogens with zero attached hydrogens (tertiary/aromatic N) is 4. The number of anilines is 1. The number of aromatic nitrogens is 2. The minimum Gasteiger partial charge on any atom is -0.350 e. The van der Waals surface area contributed by atoms with Crippen LogP contribution in [-0.4, -0.2) is 28.0 Å². The smallest absolute Gasteiger partial charge is 0.350 e. The number of halogens is 3. The van der Waals surface area contributed by atoms with E-state index >= 15 is 0 Å². The number of rotatable bonds is 3. The molecule has 0 radical (unpaired) electrons. The summed E-state index contributed by atoms with van der Waals surface area (Å²) in [5, 5.41) is 12.6. The Kier molecular flexibility index (Phi) is 4.39. The van der Waals surface area contributed by atoms with Crippen molar-refractivity contribution in [3.8, 4) is 0 Å². The Balaban J connectivity index is 1.83. The Morgan fingerprint density at radius 2 is 2.21 bits per heavy atom. The molecule has 3 heterocycles. The third kappa shape index (κ3) is 3.32. The van der Waals surface area contributed by atoms with Crippen LogP contribution in [0.15, 0.2) is 23.7 Å². The predicted molar refractivity (Wildman–Crippen MR) is 82.2 cm³/mol. The number of hydrogen-bond donors (Lipinski definition) is 0. The Morgan fingerprint density at radius 3 is 2.88 bits per heavy atom. The van der Waals surface area contributed by atoms with Crippen LogP contribution in [0.1, 0.15) is 29.5 Å². The average Bonchev–Trinajstić information content (AvgIpc) is 3.05. The molecular weight excluding hydrogens is 345 g/mol. The zero-order valence-corrected chi connectivity index (χ0v) is 13.2. The molecule has 0 N–H and O–H groups in total. The molecule has 1 saturated heterocycles. The minimum atomic E-state index is -4.46. The van der Waals surface area contributed by atoms with Gasteiger partial charge < -0.3 is 4.90 Å². The van der Waals surface area contributed by atoms with Crippen molar-refractivity contribution < 1.29 is 18.1 Å². The van der Waals surface area contributed by atoms with E-state index in [1.54, 1.807) is 4.90 Å². The van der Waals surface area contributed by atoms with Gasteiger partial charge in [0.15, 0.2) is 5.69 Å². The van der Waals surface area contributed by atoms with E-state index < -0.39 is 16.8 Å². The van der Waals surface area contributed by atoms with E-state index in [9.17, 15) is 23.3 Å². The highest BCUT2D eigenvalue weighted by molar-refractivity contribution is 7.09. The van der Waals surface area contributed by atoms with Crippen LogP contribution in [0.2, 0.25) is 0 Å². The summed E-state index contributed by atoms with van der Waals surface area (Å²) in [6.07, 6.45) is -1.58. The van der Waals surface area contributed by atoms with E-state index in [-0.39, 0.29) is 17.4 Å². The van der Waals surface area contributed by atoms with Gasteiger partial charge in [0.05, 0.1) is 9.93 Å². The highest BCUT2D eigenvalue weighted by atomic mass is 32.1. The van der Waals surface area contributed by atoms with Gasteiger partial charge >= 0.3 is 11.9 Å². The van der Waals surface area contributed by atoms with Crippen molar-refractivity contribution in [2.24, 2.45) is 0 Å². The second-order valence-corrected chi connectivity index (χ2v) is 6.35. The fourth-order valence-electron chi connectivity index (χ4n) is 2.75. The molecule has 1 atom stereocenters. The molecule has 1 aliphatic rings. The Morgan fingerprint density at radius 1 is 1.42 bits per heavy atom. The molecule has 0 amide bonds. The lowest BCUT2D eigenvalue weighted by atomic mass is 9.98. The van der Waals surface area contributed by atoms with Gasteiger partial charge in [-0.15, -0.1) is 11.3 Å². The number of nitro groups is 1. The second-order valence-electron chi connectivity index (χ2n) is 5.46. The maximum Gasteiger partial charge on any atom is 0.434 e. The lowest BCUT2D eigenvalue weighted by molar-refractivity contribution is -0.384. The van der Waals surface area contributed by atoms with Gasteiger partial charge in [-0.05, 0) is 18.9 Å². The van der Waals surface area contributed by atoms with Gasteiger partial charge in [-0.1, -0.05) is 0 Å². The number of hydrogen-bond acceptors (Lipinski definition) is 6. The molecule has 10 heteroatoms. The van der Waals surface area contributed by atoms with Crippen LogP contribution in [0.5, 0.6) is 0 Å². The van der Waals surface area contributed by atoms with Gasteiger partial charge in [-0.3, -0.25) is 10.1 Å². The first-order chi connectivity index (χ1) is 11.4. The fraction of sp³-hybridized carbons (Fsp3) is 0.429. The van der Waals surface area contributed by atoms with Gasteiger partial charge in [0.2, 0.25) is 5.82 Å². The minimum absolute atomic E-state index is 0.103. The quantitative estimate of drug-likeness (QED) is 0.616. The molecule has 0 aromatic carbocycles. The monoisotopic (exact) mass is 358 g/mol. The largest absolute Gasteiger partial charge is 0.434 e. The van der Waals surface area contributed by atoms with Gasteiger partial charge in [0.25, 0.3) is 0 Å². The molecule has 1 fully saturated rings. The Bertz CT molecular complexity index is 750. The normalized spacial score (nSPS) is 18.6. The van der Waals surface area contributed by atoms with Crippen molar-refractivity contribution >= 4 is 22.8 Å². The SMILES string of the molecule is O=[N+]([O-])c1cccnc1N1CCCC(c2nc(C(F)(F)F)cs2)C1. The molecule has 0 spiro atoms. The topological polar surface area (TPSA) is 72.2 Å². The van der Waals surface area contributed by atoms with Crippen molar-refractivity contribution in [1.29, 1.82) is 0 Å².